The fourth-order valence-corrected chi connectivity index (χ4v) is 5.21. The molecule has 29 heavy (non-hydrogen) atoms. The molecule has 1 aliphatic rings. The normalized spacial score (nSPS) is 15.7. The van der Waals surface area contributed by atoms with Gasteiger partial charge in [0.25, 0.3) is 0 Å². The van der Waals surface area contributed by atoms with Crippen molar-refractivity contribution in [1.82, 2.24) is 4.90 Å². The zero-order valence-corrected chi connectivity index (χ0v) is 18.8. The Hall–Kier alpha value is -1.89. The van der Waals surface area contributed by atoms with E-state index in [1.807, 2.05) is 0 Å². The maximum atomic E-state index is 12.8. The highest BCUT2D eigenvalue weighted by molar-refractivity contribution is 7.91. The summed E-state index contributed by atoms with van der Waals surface area (Å²) in [6, 6.07) is 6.25. The second-order valence-electron chi connectivity index (χ2n) is 8.89. The summed E-state index contributed by atoms with van der Waals surface area (Å²) in [7, 11) is -1.84. The van der Waals surface area contributed by atoms with E-state index in [0.29, 0.717) is 5.56 Å². The topological polar surface area (TPSA) is 80.8 Å². The zero-order valence-electron chi connectivity index (χ0n) is 17.9. The number of nitrogens with zero attached hydrogens (tertiary/aromatic N) is 1. The number of amides is 1. The molecule has 0 N–H and O–H groups in total. The molecule has 0 heterocycles. The Kier molecular flexibility index (Phi) is 7.86. The molecular formula is C22H33NO5S. The largest absolute Gasteiger partial charge is 0.444 e. The molecule has 0 aliphatic heterocycles. The molecule has 162 valence electrons. The van der Waals surface area contributed by atoms with Gasteiger partial charge >= 0.3 is 6.09 Å². The first kappa shape index (κ1) is 23.4. The number of ketones is 1. The summed E-state index contributed by atoms with van der Waals surface area (Å²) in [6.07, 6.45) is 4.87. The van der Waals surface area contributed by atoms with E-state index in [4.69, 9.17) is 4.74 Å². The zero-order chi connectivity index (χ0) is 21.7. The first-order valence-corrected chi connectivity index (χ1v) is 11.9. The van der Waals surface area contributed by atoms with Crippen molar-refractivity contribution in [3.8, 4) is 0 Å². The third-order valence-electron chi connectivity index (χ3n) is 5.07. The highest BCUT2D eigenvalue weighted by atomic mass is 32.2. The molecule has 1 aromatic rings. The standard InChI is InChI=1S/C22H33NO5S/c1-22(2,3)28-21(25)23(4)14-13-20(24)18-11-8-12-19(15-18)29(26,27)16-17-9-6-5-7-10-17/h8,11-12,15,17H,5-7,9-10,13-14,16H2,1-4H3. The number of hydrogen-bond acceptors (Lipinski definition) is 5. The van der Waals surface area contributed by atoms with E-state index in [-0.39, 0.29) is 35.3 Å². The van der Waals surface area contributed by atoms with Crippen molar-refractivity contribution >= 4 is 21.7 Å². The summed E-state index contributed by atoms with van der Waals surface area (Å²) >= 11 is 0. The van der Waals surface area contributed by atoms with Gasteiger partial charge in [0.2, 0.25) is 0 Å². The molecule has 0 unspecified atom stereocenters. The van der Waals surface area contributed by atoms with E-state index in [2.05, 4.69) is 0 Å². The molecule has 0 aromatic heterocycles. The Bertz CT molecular complexity index is 820. The van der Waals surface area contributed by atoms with E-state index in [9.17, 15) is 18.0 Å². The van der Waals surface area contributed by atoms with Gasteiger partial charge in [-0.15, -0.1) is 0 Å². The predicted molar refractivity (Wildman–Crippen MR) is 113 cm³/mol. The van der Waals surface area contributed by atoms with Crippen molar-refractivity contribution < 1.29 is 22.7 Å². The van der Waals surface area contributed by atoms with Crippen LogP contribution in [0.4, 0.5) is 4.79 Å². The number of ether oxygens (including phenoxy) is 1. The lowest BCUT2D eigenvalue weighted by molar-refractivity contribution is 0.0298. The molecule has 6 nitrogen and oxygen atoms in total. The maximum absolute atomic E-state index is 12.8. The average Bonchev–Trinajstić information content (AvgIpc) is 2.65. The van der Waals surface area contributed by atoms with Crippen molar-refractivity contribution in [2.24, 2.45) is 5.92 Å². The third-order valence-corrected chi connectivity index (χ3v) is 6.96. The first-order chi connectivity index (χ1) is 13.5. The number of benzene rings is 1. The maximum Gasteiger partial charge on any atom is 0.410 e. The van der Waals surface area contributed by atoms with Gasteiger partial charge < -0.3 is 9.64 Å². The molecule has 1 fully saturated rings. The van der Waals surface area contributed by atoms with Crippen LogP contribution in [0, 0.1) is 5.92 Å². The summed E-state index contributed by atoms with van der Waals surface area (Å²) in [5.41, 5.74) is -0.247. The van der Waals surface area contributed by atoms with Crippen LogP contribution in [0.5, 0.6) is 0 Å². The minimum absolute atomic E-state index is 0.0991. The molecule has 2 rings (SSSR count). The Morgan fingerprint density at radius 2 is 1.79 bits per heavy atom. The second-order valence-corrected chi connectivity index (χ2v) is 10.9. The second kappa shape index (κ2) is 9.74. The van der Waals surface area contributed by atoms with Crippen molar-refractivity contribution in [3.63, 3.8) is 0 Å². The lowest BCUT2D eigenvalue weighted by Gasteiger charge is -2.24. The van der Waals surface area contributed by atoms with E-state index < -0.39 is 21.5 Å². The number of carbonyl (C=O) groups is 2. The fraction of sp³-hybridized carbons (Fsp3) is 0.636. The minimum atomic E-state index is -3.42. The molecule has 1 aliphatic carbocycles. The van der Waals surface area contributed by atoms with Gasteiger partial charge in [-0.3, -0.25) is 4.79 Å². The Morgan fingerprint density at radius 3 is 2.41 bits per heavy atom. The third kappa shape index (κ3) is 7.46. The van der Waals surface area contributed by atoms with E-state index in [1.54, 1.807) is 46.0 Å². The summed E-state index contributed by atoms with van der Waals surface area (Å²) in [6.45, 7) is 5.54. The van der Waals surface area contributed by atoms with E-state index in [0.717, 1.165) is 25.7 Å². The number of Topliss-reactive ketones (excluding diaryl/α,β-unsaturated/α-hetero) is 1. The molecule has 0 bridgehead atoms. The van der Waals surface area contributed by atoms with Crippen molar-refractivity contribution in [3.05, 3.63) is 29.8 Å². The first-order valence-electron chi connectivity index (χ1n) is 10.3. The summed E-state index contributed by atoms with van der Waals surface area (Å²) in [4.78, 5) is 26.1. The van der Waals surface area contributed by atoms with Crippen LogP contribution in [-0.2, 0) is 14.6 Å². The van der Waals surface area contributed by atoms with Crippen LogP contribution in [0.3, 0.4) is 0 Å². The van der Waals surface area contributed by atoms with Crippen LogP contribution in [-0.4, -0.2) is 50.1 Å². The summed E-state index contributed by atoms with van der Waals surface area (Å²) in [5, 5.41) is 0. The van der Waals surface area contributed by atoms with Gasteiger partial charge in [0.05, 0.1) is 10.6 Å². The lowest BCUT2D eigenvalue weighted by atomic mass is 9.91. The molecule has 7 heteroatoms. The molecular weight excluding hydrogens is 390 g/mol. The Labute approximate surface area is 174 Å². The van der Waals surface area contributed by atoms with Gasteiger partial charge in [-0.05, 0) is 51.7 Å². The van der Waals surface area contributed by atoms with Crippen molar-refractivity contribution in [1.29, 1.82) is 0 Å². The fourth-order valence-electron chi connectivity index (χ4n) is 3.47. The van der Waals surface area contributed by atoms with Crippen LogP contribution >= 0.6 is 0 Å². The molecule has 0 radical (unpaired) electrons. The minimum Gasteiger partial charge on any atom is -0.444 e. The SMILES string of the molecule is CN(CCC(=O)c1cccc(S(=O)(=O)CC2CCCCC2)c1)C(=O)OC(C)(C)C. The predicted octanol–water partition coefficient (Wildman–Crippen LogP) is 4.48. The molecule has 1 saturated carbocycles. The summed E-state index contributed by atoms with van der Waals surface area (Å²) < 4.78 is 30.8. The van der Waals surface area contributed by atoms with Crippen LogP contribution in [0.25, 0.3) is 0 Å². The van der Waals surface area contributed by atoms with E-state index in [1.165, 1.54) is 17.4 Å². The van der Waals surface area contributed by atoms with Crippen LogP contribution in [0.15, 0.2) is 29.2 Å². The smallest absolute Gasteiger partial charge is 0.410 e. The highest BCUT2D eigenvalue weighted by Gasteiger charge is 2.24. The number of hydrogen-bond donors (Lipinski definition) is 0. The van der Waals surface area contributed by atoms with Crippen LogP contribution < -0.4 is 0 Å². The van der Waals surface area contributed by atoms with Gasteiger partial charge in [-0.1, -0.05) is 31.4 Å². The van der Waals surface area contributed by atoms with Gasteiger partial charge in [0.1, 0.15) is 5.60 Å². The van der Waals surface area contributed by atoms with Gasteiger partial charge in [-0.2, -0.15) is 0 Å². The van der Waals surface area contributed by atoms with Crippen molar-refractivity contribution in [2.75, 3.05) is 19.3 Å². The molecule has 0 saturated heterocycles. The Morgan fingerprint density at radius 1 is 1.14 bits per heavy atom. The van der Waals surface area contributed by atoms with Crippen molar-refractivity contribution in [2.45, 2.75) is 69.8 Å². The average molecular weight is 424 g/mol. The van der Waals surface area contributed by atoms with Gasteiger partial charge in [0.15, 0.2) is 15.6 Å². The molecule has 0 spiro atoms. The number of sulfone groups is 1. The molecule has 1 aromatic carbocycles. The van der Waals surface area contributed by atoms with Crippen LogP contribution in [0.2, 0.25) is 0 Å². The molecule has 0 atom stereocenters. The quantitative estimate of drug-likeness (QED) is 0.604. The van der Waals surface area contributed by atoms with Gasteiger partial charge in [0, 0.05) is 25.6 Å². The van der Waals surface area contributed by atoms with Crippen LogP contribution in [0.1, 0.15) is 69.7 Å². The Balaban J connectivity index is 1.99. The van der Waals surface area contributed by atoms with Gasteiger partial charge in [-0.25, -0.2) is 13.2 Å². The highest BCUT2D eigenvalue weighted by Crippen LogP contribution is 2.27. The lowest BCUT2D eigenvalue weighted by Crippen LogP contribution is -2.35. The molecule has 1 amide bonds. The number of carbonyl (C=O) groups excluding carboxylic acids is 2. The summed E-state index contributed by atoms with van der Waals surface area (Å²) in [5.74, 6) is 0.150. The number of rotatable bonds is 7. The monoisotopic (exact) mass is 423 g/mol. The van der Waals surface area contributed by atoms with E-state index >= 15 is 0 Å².